The van der Waals surface area contributed by atoms with Crippen molar-refractivity contribution in [2.75, 3.05) is 25.0 Å². The van der Waals surface area contributed by atoms with E-state index < -0.39 is 3.55 Å². The molecule has 0 bridgehead atoms. The lowest BCUT2D eigenvalue weighted by Crippen LogP contribution is -2.33. The van der Waals surface area contributed by atoms with E-state index in [1.165, 1.54) is 0 Å². The van der Waals surface area contributed by atoms with Crippen LogP contribution in [0.15, 0.2) is 29.2 Å². The van der Waals surface area contributed by atoms with Crippen molar-refractivity contribution >= 4 is 62.9 Å². The number of aromatic amines is 1. The topological polar surface area (TPSA) is 87.6 Å². The number of nitrogens with zero attached hydrogens (tertiary/aromatic N) is 3. The van der Waals surface area contributed by atoms with Crippen LogP contribution in [-0.4, -0.2) is 39.2 Å². The fourth-order valence-corrected chi connectivity index (χ4v) is 4.99. The Morgan fingerprint density at radius 3 is 3.00 bits per heavy atom. The van der Waals surface area contributed by atoms with Crippen molar-refractivity contribution in [2.45, 2.75) is 16.9 Å². The van der Waals surface area contributed by atoms with Crippen LogP contribution in [-0.2, 0) is 3.55 Å². The van der Waals surface area contributed by atoms with E-state index >= 15 is 0 Å². The van der Waals surface area contributed by atoms with Gasteiger partial charge < -0.3 is 15.6 Å². The average molecular weight is 533 g/mol. The van der Waals surface area contributed by atoms with E-state index in [9.17, 15) is 4.79 Å². The van der Waals surface area contributed by atoms with Crippen LogP contribution in [0, 0.1) is 5.92 Å². The van der Waals surface area contributed by atoms with Crippen molar-refractivity contribution in [3.05, 3.63) is 50.5 Å². The Bertz CT molecular complexity index is 1070. The Morgan fingerprint density at radius 2 is 2.25 bits per heavy atom. The number of fused-ring (bicyclic) bond motifs is 1. The summed E-state index contributed by atoms with van der Waals surface area (Å²) in [6.45, 7) is 4.72. The van der Waals surface area contributed by atoms with E-state index in [1.54, 1.807) is 29.0 Å². The second kappa shape index (κ2) is 7.81. The van der Waals surface area contributed by atoms with Crippen molar-refractivity contribution in [1.82, 2.24) is 24.8 Å². The lowest BCUT2D eigenvalue weighted by molar-refractivity contribution is 0.600. The summed E-state index contributed by atoms with van der Waals surface area (Å²) in [6.07, 6.45) is 2.75. The first-order chi connectivity index (χ1) is 13.4. The first-order valence-corrected chi connectivity index (χ1v) is 10.8. The number of nitrogens with one attached hydrogen (secondary N) is 3. The van der Waals surface area contributed by atoms with E-state index in [4.69, 9.17) is 23.2 Å². The van der Waals surface area contributed by atoms with Crippen LogP contribution < -0.4 is 16.3 Å². The van der Waals surface area contributed by atoms with Crippen molar-refractivity contribution in [1.29, 1.82) is 0 Å². The molecule has 2 aromatic heterocycles. The Kier molecular flexibility index (Phi) is 5.56. The summed E-state index contributed by atoms with van der Waals surface area (Å²) >= 11 is 14.8. The summed E-state index contributed by atoms with van der Waals surface area (Å²) < 4.78 is 0.792. The first kappa shape index (κ1) is 19.9. The highest BCUT2D eigenvalue weighted by Gasteiger charge is 2.32. The molecular weight excluding hydrogens is 514 g/mol. The van der Waals surface area contributed by atoms with Gasteiger partial charge in [0.2, 0.25) is 5.95 Å². The number of benzene rings is 1. The highest BCUT2D eigenvalue weighted by Crippen LogP contribution is 2.39. The smallest absolute Gasteiger partial charge is 0.329 e. The standard InChI is InChI=1S/C18H19Cl2IN6O/c1-18(21,12-6-11(19)2-3-13(12)20)27-15-14(25-17(27)28)9-24-16(26-15)23-8-10-4-5-22-7-10/h2-3,6,9-10,22H,4-5,7-8H2,1H3,(H,25,28)(H,23,24,26)/t10?,18-/m0/s1. The molecule has 2 atom stereocenters. The van der Waals surface area contributed by atoms with Gasteiger partial charge in [-0.05, 0) is 73.1 Å². The zero-order valence-corrected chi connectivity index (χ0v) is 18.8. The Labute approximate surface area is 185 Å². The van der Waals surface area contributed by atoms with Crippen LogP contribution >= 0.6 is 45.8 Å². The van der Waals surface area contributed by atoms with Crippen LogP contribution in [0.5, 0.6) is 0 Å². The fraction of sp³-hybridized carbons (Fsp3) is 0.389. The maximum absolute atomic E-state index is 12.8. The molecule has 0 radical (unpaired) electrons. The number of imidazole rings is 1. The van der Waals surface area contributed by atoms with Crippen molar-refractivity contribution in [3.63, 3.8) is 0 Å². The minimum absolute atomic E-state index is 0.283. The minimum Gasteiger partial charge on any atom is -0.354 e. The van der Waals surface area contributed by atoms with Crippen LogP contribution in [0.4, 0.5) is 5.95 Å². The Hall–Kier alpha value is -1.36. The number of H-pyrrole nitrogens is 1. The molecule has 28 heavy (non-hydrogen) atoms. The SMILES string of the molecule is C[C@@](I)(c1cc(Cl)ccc1Cl)n1c(=O)[nH]c2cnc(NCC3CCNC3)nc21. The number of hydrogen-bond donors (Lipinski definition) is 3. The van der Waals surface area contributed by atoms with Gasteiger partial charge in [0.25, 0.3) is 0 Å². The lowest BCUT2D eigenvalue weighted by atomic mass is 10.1. The zero-order valence-electron chi connectivity index (χ0n) is 15.1. The lowest BCUT2D eigenvalue weighted by Gasteiger charge is -2.26. The van der Waals surface area contributed by atoms with Gasteiger partial charge >= 0.3 is 5.69 Å². The third-order valence-corrected chi connectivity index (χ3v) is 6.60. The van der Waals surface area contributed by atoms with Crippen LogP contribution in [0.3, 0.4) is 0 Å². The van der Waals surface area contributed by atoms with E-state index in [0.29, 0.717) is 33.1 Å². The summed E-state index contributed by atoms with van der Waals surface area (Å²) in [5.41, 5.74) is 1.53. The van der Waals surface area contributed by atoms with E-state index in [1.807, 2.05) is 6.92 Å². The molecule has 0 aliphatic carbocycles. The normalized spacial score (nSPS) is 19.1. The van der Waals surface area contributed by atoms with Gasteiger partial charge in [0.15, 0.2) is 5.65 Å². The van der Waals surface area contributed by atoms with Gasteiger partial charge in [0.1, 0.15) is 9.06 Å². The summed E-state index contributed by atoms with van der Waals surface area (Å²) in [5.74, 6) is 1.05. The number of hydrogen-bond acceptors (Lipinski definition) is 5. The highest BCUT2D eigenvalue weighted by molar-refractivity contribution is 14.1. The molecule has 3 heterocycles. The first-order valence-electron chi connectivity index (χ1n) is 8.93. The van der Waals surface area contributed by atoms with Crippen molar-refractivity contribution in [3.8, 4) is 0 Å². The molecule has 3 N–H and O–H groups in total. The quantitative estimate of drug-likeness (QED) is 0.345. The Morgan fingerprint density at radius 1 is 1.43 bits per heavy atom. The van der Waals surface area contributed by atoms with Gasteiger partial charge in [-0.15, -0.1) is 0 Å². The zero-order chi connectivity index (χ0) is 19.9. The predicted octanol–water partition coefficient (Wildman–Crippen LogP) is 3.60. The molecule has 1 fully saturated rings. The van der Waals surface area contributed by atoms with E-state index in [2.05, 4.69) is 48.2 Å². The minimum atomic E-state index is -0.796. The van der Waals surface area contributed by atoms with Gasteiger partial charge in [-0.2, -0.15) is 4.98 Å². The molecule has 1 aliphatic heterocycles. The van der Waals surface area contributed by atoms with Crippen LogP contribution in [0.2, 0.25) is 10.0 Å². The maximum Gasteiger partial charge on any atom is 0.329 e. The van der Waals surface area contributed by atoms with E-state index in [-0.39, 0.29) is 5.69 Å². The third kappa shape index (κ3) is 3.74. The summed E-state index contributed by atoms with van der Waals surface area (Å²) in [6, 6.07) is 5.23. The van der Waals surface area contributed by atoms with E-state index in [0.717, 1.165) is 31.6 Å². The number of halogens is 3. The summed E-state index contributed by atoms with van der Waals surface area (Å²) in [4.78, 5) is 24.5. The number of rotatable bonds is 5. The number of aromatic nitrogens is 4. The fourth-order valence-electron chi connectivity index (χ4n) is 3.47. The number of anilines is 1. The van der Waals surface area contributed by atoms with Crippen molar-refractivity contribution in [2.24, 2.45) is 5.92 Å². The molecular formula is C18H19Cl2IN6O. The third-order valence-electron chi connectivity index (χ3n) is 4.98. The second-order valence-electron chi connectivity index (χ2n) is 7.01. The molecule has 148 valence electrons. The van der Waals surface area contributed by atoms with Gasteiger partial charge in [-0.3, -0.25) is 4.57 Å². The van der Waals surface area contributed by atoms with Crippen molar-refractivity contribution < 1.29 is 0 Å². The largest absolute Gasteiger partial charge is 0.354 e. The molecule has 0 spiro atoms. The molecule has 1 saturated heterocycles. The molecule has 1 aliphatic rings. The summed E-state index contributed by atoms with van der Waals surface area (Å²) in [5, 5.41) is 7.71. The van der Waals surface area contributed by atoms with Crippen LogP contribution in [0.25, 0.3) is 11.2 Å². The maximum atomic E-state index is 12.8. The van der Waals surface area contributed by atoms with Gasteiger partial charge in [-0.1, -0.05) is 23.2 Å². The average Bonchev–Trinajstić information content (AvgIpc) is 3.28. The van der Waals surface area contributed by atoms with Gasteiger partial charge in [0, 0.05) is 22.2 Å². The molecule has 1 unspecified atom stereocenters. The second-order valence-corrected chi connectivity index (χ2v) is 9.96. The van der Waals surface area contributed by atoms with Gasteiger partial charge in [-0.25, -0.2) is 9.78 Å². The predicted molar refractivity (Wildman–Crippen MR) is 121 cm³/mol. The highest BCUT2D eigenvalue weighted by atomic mass is 127. The molecule has 0 amide bonds. The molecule has 10 heteroatoms. The van der Waals surface area contributed by atoms with Crippen LogP contribution in [0.1, 0.15) is 18.9 Å². The monoisotopic (exact) mass is 532 g/mol. The summed E-state index contributed by atoms with van der Waals surface area (Å²) in [7, 11) is 0. The van der Waals surface area contributed by atoms with Gasteiger partial charge in [0.05, 0.1) is 6.20 Å². The molecule has 4 rings (SSSR count). The molecule has 7 nitrogen and oxygen atoms in total. The molecule has 1 aromatic carbocycles. The number of alkyl halides is 1. The molecule has 3 aromatic rings. The Balaban J connectivity index is 1.75. The molecule has 0 saturated carbocycles.